The minimum Gasteiger partial charge on any atom is -0.478 e. The molecular formula is C18H10BrCl2N3O2. The van der Waals surface area contributed by atoms with E-state index in [0.29, 0.717) is 22.0 Å². The predicted octanol–water partition coefficient (Wildman–Crippen LogP) is 5.20. The van der Waals surface area contributed by atoms with Gasteiger partial charge in [-0.25, -0.2) is 0 Å². The van der Waals surface area contributed by atoms with Gasteiger partial charge in [0.2, 0.25) is 0 Å². The van der Waals surface area contributed by atoms with Crippen molar-refractivity contribution >= 4 is 56.8 Å². The summed E-state index contributed by atoms with van der Waals surface area (Å²) in [5.41, 5.74) is 0.743. The zero-order valence-corrected chi connectivity index (χ0v) is 16.2. The molecule has 8 heteroatoms. The number of hydrogen-bond acceptors (Lipinski definition) is 4. The van der Waals surface area contributed by atoms with Crippen LogP contribution in [-0.2, 0) is 4.79 Å². The van der Waals surface area contributed by atoms with Crippen molar-refractivity contribution < 1.29 is 9.53 Å². The van der Waals surface area contributed by atoms with Gasteiger partial charge in [-0.2, -0.15) is 10.5 Å². The third-order valence-electron chi connectivity index (χ3n) is 3.11. The van der Waals surface area contributed by atoms with Crippen molar-refractivity contribution in [2.45, 2.75) is 0 Å². The van der Waals surface area contributed by atoms with Crippen LogP contribution in [0.3, 0.4) is 0 Å². The second-order valence-electron chi connectivity index (χ2n) is 4.88. The van der Waals surface area contributed by atoms with Gasteiger partial charge in [-0.15, -0.1) is 0 Å². The molecule has 0 aliphatic carbocycles. The van der Waals surface area contributed by atoms with Gasteiger partial charge < -0.3 is 10.1 Å². The second kappa shape index (κ2) is 9.26. The average molecular weight is 451 g/mol. The number of carbonyl (C=O) groups is 1. The molecule has 0 unspecified atom stereocenters. The Morgan fingerprint density at radius 1 is 1.19 bits per heavy atom. The van der Waals surface area contributed by atoms with E-state index in [1.807, 2.05) is 12.1 Å². The van der Waals surface area contributed by atoms with Crippen molar-refractivity contribution in [3.8, 4) is 17.9 Å². The molecule has 2 aromatic carbocycles. The fourth-order valence-corrected chi connectivity index (χ4v) is 2.63. The van der Waals surface area contributed by atoms with Crippen LogP contribution in [0, 0.1) is 22.7 Å². The van der Waals surface area contributed by atoms with Gasteiger partial charge in [0.1, 0.15) is 23.5 Å². The maximum Gasteiger partial charge on any atom is 0.266 e. The standard InChI is InChI=1S/C18H10BrCl2N3O2/c19-13-1-4-17(26-6-5-22)11(8-13)7-12(10-23)18(25)24-14-2-3-15(20)16(21)9-14/h1-4,7-9H,6H2,(H,24,25)/b12-7+. The highest BCUT2D eigenvalue weighted by Gasteiger charge is 2.12. The molecule has 0 radical (unpaired) electrons. The van der Waals surface area contributed by atoms with E-state index in [-0.39, 0.29) is 17.2 Å². The molecule has 26 heavy (non-hydrogen) atoms. The molecule has 1 amide bonds. The van der Waals surface area contributed by atoms with Crippen LogP contribution in [-0.4, -0.2) is 12.5 Å². The van der Waals surface area contributed by atoms with Crippen molar-refractivity contribution in [2.75, 3.05) is 11.9 Å². The van der Waals surface area contributed by atoms with Gasteiger partial charge >= 0.3 is 0 Å². The molecule has 0 saturated heterocycles. The summed E-state index contributed by atoms with van der Waals surface area (Å²) < 4.78 is 6.05. The largest absolute Gasteiger partial charge is 0.478 e. The van der Waals surface area contributed by atoms with Crippen LogP contribution < -0.4 is 10.1 Å². The summed E-state index contributed by atoms with van der Waals surface area (Å²) in [6, 6.07) is 13.4. The first-order chi connectivity index (χ1) is 12.4. The van der Waals surface area contributed by atoms with Gasteiger partial charge in [-0.05, 0) is 42.5 Å². The smallest absolute Gasteiger partial charge is 0.266 e. The number of ether oxygens (including phenoxy) is 1. The van der Waals surface area contributed by atoms with Gasteiger partial charge in [0.05, 0.1) is 10.0 Å². The topological polar surface area (TPSA) is 85.9 Å². The highest BCUT2D eigenvalue weighted by atomic mass is 79.9. The summed E-state index contributed by atoms with van der Waals surface area (Å²) in [6.07, 6.45) is 1.38. The zero-order chi connectivity index (χ0) is 19.1. The van der Waals surface area contributed by atoms with Crippen molar-refractivity contribution in [3.63, 3.8) is 0 Å². The summed E-state index contributed by atoms with van der Waals surface area (Å²) >= 11 is 15.1. The third-order valence-corrected chi connectivity index (χ3v) is 4.34. The lowest BCUT2D eigenvalue weighted by atomic mass is 10.1. The highest BCUT2D eigenvalue weighted by molar-refractivity contribution is 9.10. The van der Waals surface area contributed by atoms with Crippen LogP contribution >= 0.6 is 39.1 Å². The molecule has 0 aromatic heterocycles. The molecule has 0 fully saturated rings. The number of amides is 1. The van der Waals surface area contributed by atoms with Crippen molar-refractivity contribution in [1.29, 1.82) is 10.5 Å². The Hall–Kier alpha value is -2.51. The van der Waals surface area contributed by atoms with E-state index in [0.717, 1.165) is 4.47 Å². The maximum atomic E-state index is 12.4. The number of anilines is 1. The first kappa shape index (κ1) is 19.8. The third kappa shape index (κ3) is 5.24. The number of nitrogens with zero attached hydrogens (tertiary/aromatic N) is 2. The van der Waals surface area contributed by atoms with Crippen LogP contribution in [0.25, 0.3) is 6.08 Å². The van der Waals surface area contributed by atoms with Gasteiger partial charge in [0.25, 0.3) is 5.91 Å². The highest BCUT2D eigenvalue weighted by Crippen LogP contribution is 2.27. The molecule has 2 aromatic rings. The van der Waals surface area contributed by atoms with Gasteiger partial charge in [0.15, 0.2) is 6.61 Å². The molecule has 0 aliphatic rings. The maximum absolute atomic E-state index is 12.4. The summed E-state index contributed by atoms with van der Waals surface area (Å²) in [6.45, 7) is -0.153. The number of halogens is 3. The Labute approximate surface area is 168 Å². The molecule has 2 rings (SSSR count). The molecule has 0 aliphatic heterocycles. The Kier molecular flexibility index (Phi) is 7.06. The van der Waals surface area contributed by atoms with Crippen LogP contribution in [0.5, 0.6) is 5.75 Å². The molecule has 0 atom stereocenters. The number of rotatable bonds is 5. The fourth-order valence-electron chi connectivity index (χ4n) is 1.95. The monoisotopic (exact) mass is 449 g/mol. The van der Waals surface area contributed by atoms with Crippen LogP contribution in [0.2, 0.25) is 10.0 Å². The second-order valence-corrected chi connectivity index (χ2v) is 6.61. The summed E-state index contributed by atoms with van der Waals surface area (Å²) in [4.78, 5) is 12.4. The normalized spacial score (nSPS) is 10.6. The van der Waals surface area contributed by atoms with Crippen molar-refractivity contribution in [1.82, 2.24) is 0 Å². The molecule has 5 nitrogen and oxygen atoms in total. The van der Waals surface area contributed by atoms with Gasteiger partial charge in [-0.1, -0.05) is 39.1 Å². The average Bonchev–Trinajstić information content (AvgIpc) is 2.62. The first-order valence-electron chi connectivity index (χ1n) is 7.12. The van der Waals surface area contributed by atoms with Gasteiger partial charge in [0, 0.05) is 15.7 Å². The number of nitriles is 2. The van der Waals surface area contributed by atoms with Crippen molar-refractivity contribution in [3.05, 3.63) is 62.1 Å². The van der Waals surface area contributed by atoms with E-state index in [4.69, 9.17) is 33.2 Å². The molecule has 0 bridgehead atoms. The number of benzene rings is 2. The SMILES string of the molecule is N#CCOc1ccc(Br)cc1/C=C(\C#N)C(=O)Nc1ccc(Cl)c(Cl)c1. The van der Waals surface area contributed by atoms with E-state index in [1.54, 1.807) is 24.3 Å². The van der Waals surface area contributed by atoms with E-state index >= 15 is 0 Å². The minimum atomic E-state index is -0.614. The first-order valence-corrected chi connectivity index (χ1v) is 8.67. The van der Waals surface area contributed by atoms with Crippen LogP contribution in [0.15, 0.2) is 46.4 Å². The van der Waals surface area contributed by atoms with E-state index in [1.165, 1.54) is 18.2 Å². The molecule has 0 heterocycles. The van der Waals surface area contributed by atoms with E-state index in [9.17, 15) is 10.1 Å². The number of nitrogens with one attached hydrogen (secondary N) is 1. The summed E-state index contributed by atoms with van der Waals surface area (Å²) in [5.74, 6) is -0.234. The lowest BCUT2D eigenvalue weighted by molar-refractivity contribution is -0.112. The molecule has 0 spiro atoms. The summed E-state index contributed by atoms with van der Waals surface area (Å²) in [7, 11) is 0. The minimum absolute atomic E-state index is 0.143. The van der Waals surface area contributed by atoms with E-state index in [2.05, 4.69) is 21.2 Å². The molecule has 130 valence electrons. The van der Waals surface area contributed by atoms with E-state index < -0.39 is 5.91 Å². The Bertz CT molecular complexity index is 962. The molecule has 0 saturated carbocycles. The Morgan fingerprint density at radius 3 is 2.62 bits per heavy atom. The number of carbonyl (C=O) groups excluding carboxylic acids is 1. The predicted molar refractivity (Wildman–Crippen MR) is 104 cm³/mol. The van der Waals surface area contributed by atoms with Crippen molar-refractivity contribution in [2.24, 2.45) is 0 Å². The lowest BCUT2D eigenvalue weighted by Gasteiger charge is -2.08. The molecule has 1 N–H and O–H groups in total. The molecular weight excluding hydrogens is 441 g/mol. The fraction of sp³-hybridized carbons (Fsp3) is 0.0556. The number of hydrogen-bond donors (Lipinski definition) is 1. The van der Waals surface area contributed by atoms with Gasteiger partial charge in [-0.3, -0.25) is 4.79 Å². The Balaban J connectivity index is 2.31. The van der Waals surface area contributed by atoms with Crippen LogP contribution in [0.4, 0.5) is 5.69 Å². The lowest BCUT2D eigenvalue weighted by Crippen LogP contribution is -2.13. The van der Waals surface area contributed by atoms with Crippen LogP contribution in [0.1, 0.15) is 5.56 Å². The summed E-state index contributed by atoms with van der Waals surface area (Å²) in [5, 5.41) is 21.2. The quantitative estimate of drug-likeness (QED) is 0.500. The zero-order valence-electron chi connectivity index (χ0n) is 13.1. The Morgan fingerprint density at radius 2 is 1.96 bits per heavy atom.